The first-order valence-corrected chi connectivity index (χ1v) is 7.98. The minimum absolute atomic E-state index is 0.675. The van der Waals surface area contributed by atoms with E-state index >= 15 is 0 Å². The molecule has 0 fully saturated rings. The molecule has 0 saturated carbocycles. The molecule has 0 atom stereocenters. The lowest BCUT2D eigenvalue weighted by atomic mass is 10.0. The van der Waals surface area contributed by atoms with E-state index in [2.05, 4.69) is 15.8 Å². The predicted molar refractivity (Wildman–Crippen MR) is 98.3 cm³/mol. The lowest BCUT2D eigenvalue weighted by Crippen LogP contribution is -2.20. The molecule has 5 nitrogen and oxygen atoms in total. The number of methoxy groups -OCH3 is 1. The van der Waals surface area contributed by atoms with Crippen LogP contribution in [0.5, 0.6) is 5.75 Å². The summed E-state index contributed by atoms with van der Waals surface area (Å²) in [6, 6.07) is 11.8. The molecule has 4 rings (SSSR count). The van der Waals surface area contributed by atoms with E-state index < -0.39 is 0 Å². The van der Waals surface area contributed by atoms with E-state index in [9.17, 15) is 0 Å². The van der Waals surface area contributed by atoms with Crippen LogP contribution in [0.1, 0.15) is 17.5 Å². The molecule has 2 aliphatic rings. The summed E-state index contributed by atoms with van der Waals surface area (Å²) in [4.78, 5) is 8.84. The minimum atomic E-state index is 0.675. The largest absolute Gasteiger partial charge is 0.497 e. The Morgan fingerprint density at radius 3 is 2.60 bits per heavy atom. The van der Waals surface area contributed by atoms with Gasteiger partial charge in [0, 0.05) is 36.2 Å². The average Bonchev–Trinajstić information content (AvgIpc) is 2.93. The Balaban J connectivity index is 1.84. The van der Waals surface area contributed by atoms with E-state index in [0.717, 1.165) is 34.7 Å². The second-order valence-corrected chi connectivity index (χ2v) is 5.51. The van der Waals surface area contributed by atoms with E-state index in [1.807, 2.05) is 59.8 Å². The van der Waals surface area contributed by atoms with Gasteiger partial charge in [-0.1, -0.05) is 5.73 Å². The summed E-state index contributed by atoms with van der Waals surface area (Å²) in [6.07, 6.45) is 10.1. The van der Waals surface area contributed by atoms with E-state index in [0.29, 0.717) is 5.82 Å². The molecule has 0 N–H and O–H groups in total. The highest BCUT2D eigenvalue weighted by Crippen LogP contribution is 2.30. The average molecular weight is 328 g/mol. The van der Waals surface area contributed by atoms with Crippen LogP contribution in [0, 0.1) is 0 Å². The van der Waals surface area contributed by atoms with Gasteiger partial charge in [-0.05, 0) is 48.6 Å². The van der Waals surface area contributed by atoms with Gasteiger partial charge in [0.25, 0.3) is 0 Å². The van der Waals surface area contributed by atoms with Crippen molar-refractivity contribution < 1.29 is 4.74 Å². The minimum Gasteiger partial charge on any atom is -0.497 e. The highest BCUT2D eigenvalue weighted by atomic mass is 16.5. The number of aromatic nitrogens is 1. The quantitative estimate of drug-likeness (QED) is 0.809. The first-order chi connectivity index (χ1) is 12.3. The Labute approximate surface area is 146 Å². The number of fused-ring (bicyclic) bond motifs is 1. The van der Waals surface area contributed by atoms with Gasteiger partial charge in [-0.2, -0.15) is 5.10 Å². The number of rotatable bonds is 3. The smallest absolute Gasteiger partial charge is 0.198 e. The standard InChI is InChI=1S/C20H16N4O/c1-25-17-7-5-15(6-8-17)18-14-19(16-9-12-21-13-10-16)24-20(23-18)4-2-3-11-22-24/h2,5-14H,3H2,1H3. The van der Waals surface area contributed by atoms with Crippen molar-refractivity contribution in [1.82, 2.24) is 9.99 Å². The van der Waals surface area contributed by atoms with E-state index in [-0.39, 0.29) is 0 Å². The summed E-state index contributed by atoms with van der Waals surface area (Å²) in [6.45, 7) is 0. The van der Waals surface area contributed by atoms with Gasteiger partial charge in [0.05, 0.1) is 18.5 Å². The first kappa shape index (κ1) is 15.1. The molecule has 3 heterocycles. The molecule has 0 radical (unpaired) electrons. The van der Waals surface area contributed by atoms with Crippen LogP contribution in [0.15, 0.2) is 82.6 Å². The zero-order valence-corrected chi connectivity index (χ0v) is 13.8. The second-order valence-electron chi connectivity index (χ2n) is 5.51. The topological polar surface area (TPSA) is 50.1 Å². The predicted octanol–water partition coefficient (Wildman–Crippen LogP) is 3.62. The number of allylic oxidation sites excluding steroid dienone is 2. The van der Waals surface area contributed by atoms with Crippen LogP contribution in [-0.2, 0) is 0 Å². The number of ether oxygens (including phenoxy) is 1. The van der Waals surface area contributed by atoms with E-state index in [1.165, 1.54) is 0 Å². The molecule has 0 saturated heterocycles. The van der Waals surface area contributed by atoms with Gasteiger partial charge in [-0.25, -0.2) is 10.0 Å². The fourth-order valence-corrected chi connectivity index (χ4v) is 2.68. The fraction of sp³-hybridized carbons (Fsp3) is 0.100. The molecular weight excluding hydrogens is 312 g/mol. The number of aliphatic imine (C=N–C) groups is 1. The number of hydrazone groups is 1. The van der Waals surface area contributed by atoms with Gasteiger partial charge >= 0.3 is 0 Å². The summed E-state index contributed by atoms with van der Waals surface area (Å²) in [5.41, 5.74) is 7.06. The molecule has 1 aromatic carbocycles. The normalized spacial score (nSPS) is 15.7. The van der Waals surface area contributed by atoms with Gasteiger partial charge in [-0.3, -0.25) is 4.98 Å². The molecule has 0 bridgehead atoms. The van der Waals surface area contributed by atoms with Gasteiger partial charge < -0.3 is 4.74 Å². The van der Waals surface area contributed by atoms with Gasteiger partial charge in [0.2, 0.25) is 0 Å². The summed E-state index contributed by atoms with van der Waals surface area (Å²) >= 11 is 0. The molecule has 25 heavy (non-hydrogen) atoms. The third kappa shape index (κ3) is 3.01. The number of pyridine rings is 1. The maximum Gasteiger partial charge on any atom is 0.198 e. The van der Waals surface area contributed by atoms with Gasteiger partial charge in [0.1, 0.15) is 5.75 Å². The molecule has 0 spiro atoms. The Morgan fingerprint density at radius 1 is 1.04 bits per heavy atom. The highest BCUT2D eigenvalue weighted by Gasteiger charge is 2.22. The van der Waals surface area contributed by atoms with Crippen molar-refractivity contribution in [3.8, 4) is 5.75 Å². The third-order valence-corrected chi connectivity index (χ3v) is 3.94. The molecule has 2 aromatic rings. The number of hydrogen-bond donors (Lipinski definition) is 0. The van der Waals surface area contributed by atoms with Crippen molar-refractivity contribution in [1.29, 1.82) is 0 Å². The van der Waals surface area contributed by atoms with Crippen LogP contribution in [0.4, 0.5) is 0 Å². The number of nitrogens with zero attached hydrogens (tertiary/aromatic N) is 4. The molecule has 0 aliphatic carbocycles. The van der Waals surface area contributed by atoms with Crippen LogP contribution in [-0.4, -0.2) is 29.0 Å². The molecule has 0 unspecified atom stereocenters. The zero-order valence-electron chi connectivity index (χ0n) is 13.8. The van der Waals surface area contributed by atoms with Crippen LogP contribution < -0.4 is 4.74 Å². The van der Waals surface area contributed by atoms with Crippen molar-refractivity contribution in [3.63, 3.8) is 0 Å². The van der Waals surface area contributed by atoms with Crippen LogP contribution in [0.25, 0.3) is 5.70 Å². The molecule has 5 heteroatoms. The Hall–Kier alpha value is -3.43. The number of hydrogen-bond acceptors (Lipinski definition) is 5. The summed E-state index contributed by atoms with van der Waals surface area (Å²) < 4.78 is 5.24. The van der Waals surface area contributed by atoms with Crippen molar-refractivity contribution in [2.75, 3.05) is 7.11 Å². The number of benzene rings is 1. The third-order valence-electron chi connectivity index (χ3n) is 3.94. The van der Waals surface area contributed by atoms with Crippen molar-refractivity contribution in [2.45, 2.75) is 6.42 Å². The monoisotopic (exact) mass is 328 g/mol. The second kappa shape index (κ2) is 6.59. The van der Waals surface area contributed by atoms with Gasteiger partial charge in [0.15, 0.2) is 5.82 Å². The highest BCUT2D eigenvalue weighted by molar-refractivity contribution is 6.13. The van der Waals surface area contributed by atoms with E-state index in [1.54, 1.807) is 19.5 Å². The summed E-state index contributed by atoms with van der Waals surface area (Å²) in [7, 11) is 1.66. The first-order valence-electron chi connectivity index (χ1n) is 7.98. The molecule has 1 aromatic heterocycles. The maximum absolute atomic E-state index is 5.24. The van der Waals surface area contributed by atoms with Crippen LogP contribution in [0.2, 0.25) is 0 Å². The van der Waals surface area contributed by atoms with Crippen molar-refractivity contribution in [3.05, 3.63) is 83.6 Å². The van der Waals surface area contributed by atoms with Crippen molar-refractivity contribution in [2.24, 2.45) is 10.1 Å². The van der Waals surface area contributed by atoms with Crippen LogP contribution >= 0.6 is 0 Å². The van der Waals surface area contributed by atoms with E-state index in [4.69, 9.17) is 9.73 Å². The molecule has 2 aliphatic heterocycles. The molecule has 0 amide bonds. The lowest BCUT2D eigenvalue weighted by Gasteiger charge is -2.25. The molecule has 122 valence electrons. The van der Waals surface area contributed by atoms with Gasteiger partial charge in [-0.15, -0.1) is 0 Å². The zero-order chi connectivity index (χ0) is 17.1. The maximum atomic E-state index is 5.24. The Bertz CT molecular complexity index is 933. The summed E-state index contributed by atoms with van der Waals surface area (Å²) in [5.74, 6) is 1.49. The Morgan fingerprint density at radius 2 is 1.84 bits per heavy atom. The van der Waals surface area contributed by atoms with Crippen molar-refractivity contribution >= 4 is 17.6 Å². The SMILES string of the molecule is COc1ccc(C2=NC3=C=CCC=NN3C(c3ccncc3)=C2)cc1. The lowest BCUT2D eigenvalue weighted by molar-refractivity contribution is 0.415. The van der Waals surface area contributed by atoms with Crippen LogP contribution in [0.3, 0.4) is 0 Å². The summed E-state index contributed by atoms with van der Waals surface area (Å²) in [5, 5.41) is 6.33. The molecular formula is C20H16N4O. The fourth-order valence-electron chi connectivity index (χ4n) is 2.68. The Kier molecular flexibility index (Phi) is 3.99.